The van der Waals surface area contributed by atoms with E-state index in [0.717, 1.165) is 0 Å². The molecule has 3 nitrogen and oxygen atoms in total. The van der Waals surface area contributed by atoms with Crippen LogP contribution in [0.2, 0.25) is 0 Å². The molecule has 0 unspecified atom stereocenters. The molecule has 1 atom stereocenters. The molecule has 0 aromatic heterocycles. The van der Waals surface area contributed by atoms with Gasteiger partial charge in [0.25, 0.3) is 0 Å². The summed E-state index contributed by atoms with van der Waals surface area (Å²) in [5.41, 5.74) is 5.10. The highest BCUT2D eigenvalue weighted by molar-refractivity contribution is 5.74. The van der Waals surface area contributed by atoms with Crippen molar-refractivity contribution in [3.63, 3.8) is 0 Å². The number of nitrogens with one attached hydrogen (secondary N) is 2. The van der Waals surface area contributed by atoms with Gasteiger partial charge in [-0.2, -0.15) is 0 Å². The molecule has 0 aromatic rings. The molecule has 54 valence electrons. The minimum atomic E-state index is 0.0520. The third-order valence-corrected chi connectivity index (χ3v) is 1.38. The van der Waals surface area contributed by atoms with Crippen LogP contribution in [0, 0.1) is 11.3 Å². The number of guanidine groups is 1. The van der Waals surface area contributed by atoms with E-state index < -0.39 is 0 Å². The standard InChI is InChI=1S/C6H15N3/c1-4(2)5(3)9-6(7)8/h4-5H,1-3H3,(H4,7,8,9)/t5-/m1/s1. The normalized spacial score (nSPS) is 13.3. The van der Waals surface area contributed by atoms with Crippen molar-refractivity contribution in [1.82, 2.24) is 5.32 Å². The molecule has 9 heavy (non-hydrogen) atoms. The van der Waals surface area contributed by atoms with Gasteiger partial charge >= 0.3 is 0 Å². The van der Waals surface area contributed by atoms with Gasteiger partial charge in [-0.1, -0.05) is 13.8 Å². The maximum absolute atomic E-state index is 6.88. The maximum Gasteiger partial charge on any atom is 0.185 e. The minimum absolute atomic E-state index is 0.0520. The molecule has 0 spiro atoms. The fourth-order valence-electron chi connectivity index (χ4n) is 0.412. The molecule has 0 rings (SSSR count). The summed E-state index contributed by atoms with van der Waals surface area (Å²) in [6.07, 6.45) is 0. The molecule has 3 heteroatoms. The molecule has 0 radical (unpaired) electrons. The average Bonchev–Trinajstić information content (AvgIpc) is 1.63. The molecule has 0 amide bonds. The Balaban J connectivity index is 3.50. The van der Waals surface area contributed by atoms with Crippen molar-refractivity contribution < 1.29 is 0 Å². The Morgan fingerprint density at radius 3 is 2.00 bits per heavy atom. The van der Waals surface area contributed by atoms with E-state index in [0.29, 0.717) is 12.0 Å². The van der Waals surface area contributed by atoms with Crippen LogP contribution in [0.15, 0.2) is 0 Å². The number of hydrogen-bond acceptors (Lipinski definition) is 1. The summed E-state index contributed by atoms with van der Waals surface area (Å²) >= 11 is 0. The quantitative estimate of drug-likeness (QED) is 0.376. The Morgan fingerprint density at radius 2 is 1.89 bits per heavy atom. The van der Waals surface area contributed by atoms with Gasteiger partial charge in [0, 0.05) is 6.04 Å². The molecular weight excluding hydrogens is 114 g/mol. The monoisotopic (exact) mass is 129 g/mol. The van der Waals surface area contributed by atoms with Crippen molar-refractivity contribution in [3.05, 3.63) is 0 Å². The van der Waals surface area contributed by atoms with Crippen molar-refractivity contribution in [2.24, 2.45) is 11.7 Å². The zero-order valence-corrected chi connectivity index (χ0v) is 6.23. The Kier molecular flexibility index (Phi) is 3.06. The van der Waals surface area contributed by atoms with Crippen LogP contribution >= 0.6 is 0 Å². The molecule has 0 aliphatic rings. The summed E-state index contributed by atoms with van der Waals surface area (Å²) in [6, 6.07) is 0.294. The van der Waals surface area contributed by atoms with Crippen LogP contribution in [0.4, 0.5) is 0 Å². The highest BCUT2D eigenvalue weighted by atomic mass is 15.1. The number of hydrogen-bond donors (Lipinski definition) is 3. The zero-order valence-electron chi connectivity index (χ0n) is 6.23. The second-order valence-electron chi connectivity index (χ2n) is 2.59. The van der Waals surface area contributed by atoms with Crippen LogP contribution in [-0.2, 0) is 0 Å². The van der Waals surface area contributed by atoms with Crippen molar-refractivity contribution >= 4 is 5.96 Å². The van der Waals surface area contributed by atoms with E-state index in [1.54, 1.807) is 0 Å². The van der Waals surface area contributed by atoms with Gasteiger partial charge in [-0.3, -0.25) is 5.41 Å². The van der Waals surface area contributed by atoms with Crippen LogP contribution in [0.25, 0.3) is 0 Å². The Labute approximate surface area is 56.1 Å². The molecule has 0 fully saturated rings. The van der Waals surface area contributed by atoms with Gasteiger partial charge in [0.1, 0.15) is 0 Å². The Bertz CT molecular complexity index is 98.5. The minimum Gasteiger partial charge on any atom is -0.370 e. The van der Waals surface area contributed by atoms with Crippen LogP contribution in [0.1, 0.15) is 20.8 Å². The fraction of sp³-hybridized carbons (Fsp3) is 0.833. The van der Waals surface area contributed by atoms with Gasteiger partial charge in [-0.15, -0.1) is 0 Å². The highest BCUT2D eigenvalue weighted by Crippen LogP contribution is 1.97. The summed E-state index contributed by atoms with van der Waals surface area (Å²) < 4.78 is 0. The first kappa shape index (κ1) is 8.27. The number of rotatable bonds is 2. The third kappa shape index (κ3) is 3.82. The molecule has 0 aliphatic carbocycles. The van der Waals surface area contributed by atoms with Crippen molar-refractivity contribution in [2.45, 2.75) is 26.8 Å². The van der Waals surface area contributed by atoms with Crippen LogP contribution in [-0.4, -0.2) is 12.0 Å². The lowest BCUT2D eigenvalue weighted by Gasteiger charge is -2.16. The third-order valence-electron chi connectivity index (χ3n) is 1.38. The second kappa shape index (κ2) is 3.33. The summed E-state index contributed by atoms with van der Waals surface area (Å²) in [6.45, 7) is 6.17. The van der Waals surface area contributed by atoms with Gasteiger partial charge in [0.2, 0.25) is 0 Å². The largest absolute Gasteiger partial charge is 0.370 e. The predicted molar refractivity (Wildman–Crippen MR) is 39.3 cm³/mol. The van der Waals surface area contributed by atoms with E-state index in [-0.39, 0.29) is 5.96 Å². The Hall–Kier alpha value is -0.730. The molecule has 0 saturated heterocycles. The summed E-state index contributed by atoms with van der Waals surface area (Å²) in [4.78, 5) is 0. The van der Waals surface area contributed by atoms with E-state index in [2.05, 4.69) is 19.2 Å². The van der Waals surface area contributed by atoms with Crippen LogP contribution in [0.5, 0.6) is 0 Å². The summed E-state index contributed by atoms with van der Waals surface area (Å²) in [7, 11) is 0. The van der Waals surface area contributed by atoms with Gasteiger partial charge in [-0.05, 0) is 12.8 Å². The molecule has 0 heterocycles. The fourth-order valence-corrected chi connectivity index (χ4v) is 0.412. The van der Waals surface area contributed by atoms with E-state index >= 15 is 0 Å². The summed E-state index contributed by atoms with van der Waals surface area (Å²) in [5, 5.41) is 9.69. The van der Waals surface area contributed by atoms with E-state index in [1.807, 2.05) is 6.92 Å². The van der Waals surface area contributed by atoms with E-state index in [9.17, 15) is 0 Å². The van der Waals surface area contributed by atoms with Gasteiger partial charge < -0.3 is 11.1 Å². The van der Waals surface area contributed by atoms with E-state index in [1.165, 1.54) is 0 Å². The number of nitrogens with two attached hydrogens (primary N) is 1. The first-order valence-corrected chi connectivity index (χ1v) is 3.14. The SMILES string of the molecule is CC(C)[C@@H](C)NC(=N)N. The van der Waals surface area contributed by atoms with Crippen molar-refractivity contribution in [3.8, 4) is 0 Å². The lowest BCUT2D eigenvalue weighted by molar-refractivity contribution is 0.485. The molecular formula is C6H15N3. The lowest BCUT2D eigenvalue weighted by atomic mass is 10.1. The summed E-state index contributed by atoms with van der Waals surface area (Å²) in [5.74, 6) is 0.574. The highest BCUT2D eigenvalue weighted by Gasteiger charge is 2.04. The van der Waals surface area contributed by atoms with Crippen LogP contribution < -0.4 is 11.1 Å². The van der Waals surface area contributed by atoms with Gasteiger partial charge in [0.15, 0.2) is 5.96 Å². The first-order chi connectivity index (χ1) is 4.04. The molecule has 0 saturated carbocycles. The first-order valence-electron chi connectivity index (χ1n) is 3.14. The van der Waals surface area contributed by atoms with E-state index in [4.69, 9.17) is 11.1 Å². The zero-order chi connectivity index (χ0) is 7.44. The molecule has 0 aromatic carbocycles. The average molecular weight is 129 g/mol. The van der Waals surface area contributed by atoms with Gasteiger partial charge in [0.05, 0.1) is 0 Å². The molecule has 4 N–H and O–H groups in total. The smallest absolute Gasteiger partial charge is 0.185 e. The Morgan fingerprint density at radius 1 is 1.44 bits per heavy atom. The topological polar surface area (TPSA) is 61.9 Å². The maximum atomic E-state index is 6.88. The lowest BCUT2D eigenvalue weighted by Crippen LogP contribution is -2.40. The molecule has 0 bridgehead atoms. The van der Waals surface area contributed by atoms with Crippen molar-refractivity contribution in [1.29, 1.82) is 5.41 Å². The molecule has 0 aliphatic heterocycles. The van der Waals surface area contributed by atoms with Crippen LogP contribution in [0.3, 0.4) is 0 Å². The van der Waals surface area contributed by atoms with Gasteiger partial charge in [-0.25, -0.2) is 0 Å². The predicted octanol–water partition coefficient (Wildman–Crippen LogP) is 0.514. The van der Waals surface area contributed by atoms with Crippen molar-refractivity contribution in [2.75, 3.05) is 0 Å². The second-order valence-corrected chi connectivity index (χ2v) is 2.59.